The lowest BCUT2D eigenvalue weighted by Gasteiger charge is -2.01. The second-order valence-electron chi connectivity index (χ2n) is 3.84. The number of aromatic amines is 1. The molecule has 0 saturated carbocycles. The van der Waals surface area contributed by atoms with Gasteiger partial charge in [-0.15, -0.1) is 11.3 Å². The molecule has 98 valence electrons. The molecular weight excluding hydrogens is 268 g/mol. The normalized spacial score (nSPS) is 10.2. The molecule has 0 spiro atoms. The number of carboxylic acid groups (broad SMARTS) is 1. The van der Waals surface area contributed by atoms with E-state index in [1.807, 2.05) is 0 Å². The number of nitrogens with one attached hydrogen (secondary N) is 2. The predicted octanol–water partition coefficient (Wildman–Crippen LogP) is 1.70. The number of carbonyl (C=O) groups is 2. The number of hydrogen-bond acceptors (Lipinski definition) is 4. The van der Waals surface area contributed by atoms with Crippen LogP contribution in [0.3, 0.4) is 0 Å². The Hall–Kier alpha value is -2.41. The number of H-pyrrole nitrogens is 1. The van der Waals surface area contributed by atoms with Gasteiger partial charge in [-0.1, -0.05) is 0 Å². The molecule has 0 aliphatic heterocycles. The van der Waals surface area contributed by atoms with E-state index in [9.17, 15) is 14.4 Å². The summed E-state index contributed by atoms with van der Waals surface area (Å²) in [6.45, 7) is 1.71. The van der Waals surface area contributed by atoms with Crippen LogP contribution in [0.2, 0.25) is 0 Å². The van der Waals surface area contributed by atoms with Gasteiger partial charge >= 0.3 is 5.97 Å². The van der Waals surface area contributed by atoms with Crippen molar-refractivity contribution in [2.24, 2.45) is 0 Å². The number of aromatic carboxylic acids is 1. The van der Waals surface area contributed by atoms with Gasteiger partial charge in [-0.3, -0.25) is 9.59 Å². The minimum atomic E-state index is -1.06. The van der Waals surface area contributed by atoms with Crippen LogP contribution in [0.25, 0.3) is 0 Å². The Morgan fingerprint density at radius 3 is 2.68 bits per heavy atom. The first kappa shape index (κ1) is 13.0. The first-order valence-electron chi connectivity index (χ1n) is 5.30. The Bertz CT molecular complexity index is 702. The fourth-order valence-corrected chi connectivity index (χ4v) is 2.21. The third-order valence-corrected chi connectivity index (χ3v) is 3.23. The van der Waals surface area contributed by atoms with Gasteiger partial charge in [0.1, 0.15) is 5.56 Å². The fraction of sp³-hybridized carbons (Fsp3) is 0.0833. The van der Waals surface area contributed by atoms with Crippen LogP contribution < -0.4 is 10.9 Å². The molecule has 7 heteroatoms. The first-order valence-corrected chi connectivity index (χ1v) is 6.18. The van der Waals surface area contributed by atoms with E-state index in [0.29, 0.717) is 10.7 Å². The molecule has 2 heterocycles. The van der Waals surface area contributed by atoms with Gasteiger partial charge in [0.05, 0.1) is 10.6 Å². The van der Waals surface area contributed by atoms with Gasteiger partial charge in [0.2, 0.25) is 0 Å². The van der Waals surface area contributed by atoms with Crippen molar-refractivity contribution in [2.45, 2.75) is 6.92 Å². The van der Waals surface area contributed by atoms with Crippen molar-refractivity contribution in [1.29, 1.82) is 0 Å². The summed E-state index contributed by atoms with van der Waals surface area (Å²) in [6, 6.07) is 4.38. The van der Waals surface area contributed by atoms with Crippen LogP contribution in [-0.4, -0.2) is 22.0 Å². The molecule has 19 heavy (non-hydrogen) atoms. The van der Waals surface area contributed by atoms with E-state index in [0.717, 1.165) is 11.3 Å². The monoisotopic (exact) mass is 278 g/mol. The van der Waals surface area contributed by atoms with Crippen molar-refractivity contribution in [3.05, 3.63) is 50.8 Å². The number of rotatable bonds is 3. The quantitative estimate of drug-likeness (QED) is 0.795. The van der Waals surface area contributed by atoms with Gasteiger partial charge < -0.3 is 15.4 Å². The standard InChI is InChI=1S/C12H10N2O4S/c1-6-2-3-8(10(15)13-6)11(16)14-9-4-7(5-19-9)12(17)18/h2-5H,1H3,(H,13,15)(H,14,16)(H,17,18). The molecule has 6 nitrogen and oxygen atoms in total. The minimum Gasteiger partial charge on any atom is -0.478 e. The molecular formula is C12H10N2O4S. The molecule has 2 rings (SSSR count). The largest absolute Gasteiger partial charge is 0.478 e. The molecule has 0 unspecified atom stereocenters. The number of aromatic nitrogens is 1. The predicted molar refractivity (Wildman–Crippen MR) is 71.0 cm³/mol. The maximum atomic E-state index is 11.9. The number of carboxylic acids is 1. The van der Waals surface area contributed by atoms with E-state index in [1.165, 1.54) is 17.5 Å². The first-order chi connectivity index (χ1) is 8.97. The van der Waals surface area contributed by atoms with Crippen molar-refractivity contribution in [1.82, 2.24) is 4.98 Å². The summed E-state index contributed by atoms with van der Waals surface area (Å²) in [7, 11) is 0. The summed E-state index contributed by atoms with van der Waals surface area (Å²) >= 11 is 1.08. The number of pyridine rings is 1. The van der Waals surface area contributed by atoms with E-state index in [-0.39, 0.29) is 11.1 Å². The summed E-state index contributed by atoms with van der Waals surface area (Å²) in [5, 5.41) is 13.0. The molecule has 0 bridgehead atoms. The van der Waals surface area contributed by atoms with E-state index < -0.39 is 17.4 Å². The number of anilines is 1. The second kappa shape index (κ2) is 5.07. The van der Waals surface area contributed by atoms with Crippen LogP contribution in [-0.2, 0) is 0 Å². The van der Waals surface area contributed by atoms with Crippen molar-refractivity contribution in [3.8, 4) is 0 Å². The van der Waals surface area contributed by atoms with Crippen molar-refractivity contribution in [3.63, 3.8) is 0 Å². The lowest BCUT2D eigenvalue weighted by atomic mass is 10.2. The highest BCUT2D eigenvalue weighted by Gasteiger charge is 2.13. The number of carbonyl (C=O) groups excluding carboxylic acids is 1. The third-order valence-electron chi connectivity index (χ3n) is 2.38. The zero-order valence-corrected chi connectivity index (χ0v) is 10.7. The van der Waals surface area contributed by atoms with Crippen LogP contribution in [0, 0.1) is 6.92 Å². The van der Waals surface area contributed by atoms with E-state index in [4.69, 9.17) is 5.11 Å². The number of hydrogen-bond donors (Lipinski definition) is 3. The van der Waals surface area contributed by atoms with Crippen molar-refractivity contribution < 1.29 is 14.7 Å². The van der Waals surface area contributed by atoms with E-state index >= 15 is 0 Å². The van der Waals surface area contributed by atoms with Crippen LogP contribution in [0.1, 0.15) is 26.4 Å². The topological polar surface area (TPSA) is 99.3 Å². The molecule has 0 saturated heterocycles. The highest BCUT2D eigenvalue weighted by molar-refractivity contribution is 7.14. The SMILES string of the molecule is Cc1ccc(C(=O)Nc2cc(C(=O)O)cs2)c(=O)[nH]1. The molecule has 0 fully saturated rings. The van der Waals surface area contributed by atoms with Crippen molar-refractivity contribution >= 4 is 28.2 Å². The molecule has 3 N–H and O–H groups in total. The highest BCUT2D eigenvalue weighted by atomic mass is 32.1. The third kappa shape index (κ3) is 2.89. The van der Waals surface area contributed by atoms with Crippen LogP contribution >= 0.6 is 11.3 Å². The lowest BCUT2D eigenvalue weighted by Crippen LogP contribution is -2.22. The molecule has 0 aliphatic carbocycles. The Morgan fingerprint density at radius 2 is 2.11 bits per heavy atom. The number of thiophene rings is 1. The number of aryl methyl sites for hydroxylation is 1. The van der Waals surface area contributed by atoms with E-state index in [1.54, 1.807) is 13.0 Å². The van der Waals surface area contributed by atoms with Crippen LogP contribution in [0.15, 0.2) is 28.4 Å². The van der Waals surface area contributed by atoms with Gasteiger partial charge in [-0.05, 0) is 25.1 Å². The molecule has 2 aromatic rings. The maximum absolute atomic E-state index is 11.9. The summed E-state index contributed by atoms with van der Waals surface area (Å²) < 4.78 is 0. The van der Waals surface area contributed by atoms with Gasteiger partial charge in [0.25, 0.3) is 11.5 Å². The number of amides is 1. The van der Waals surface area contributed by atoms with E-state index in [2.05, 4.69) is 10.3 Å². The molecule has 0 aromatic carbocycles. The summed E-state index contributed by atoms with van der Waals surface area (Å²) in [4.78, 5) is 36.7. The van der Waals surface area contributed by atoms with Gasteiger partial charge in [-0.25, -0.2) is 4.79 Å². The lowest BCUT2D eigenvalue weighted by molar-refractivity contribution is 0.0697. The van der Waals surface area contributed by atoms with Crippen LogP contribution in [0.5, 0.6) is 0 Å². The van der Waals surface area contributed by atoms with Crippen LogP contribution in [0.4, 0.5) is 5.00 Å². The summed E-state index contributed by atoms with van der Waals surface area (Å²) in [5.41, 5.74) is 0.257. The Kier molecular flexibility index (Phi) is 3.48. The Labute approximate surface area is 111 Å². The average Bonchev–Trinajstić information content (AvgIpc) is 2.77. The highest BCUT2D eigenvalue weighted by Crippen LogP contribution is 2.20. The average molecular weight is 278 g/mol. The van der Waals surface area contributed by atoms with Gasteiger partial charge in [-0.2, -0.15) is 0 Å². The summed E-state index contributed by atoms with van der Waals surface area (Å²) in [5.74, 6) is -1.63. The maximum Gasteiger partial charge on any atom is 0.336 e. The van der Waals surface area contributed by atoms with Crippen molar-refractivity contribution in [2.75, 3.05) is 5.32 Å². The molecule has 0 aliphatic rings. The summed E-state index contributed by atoms with van der Waals surface area (Å²) in [6.07, 6.45) is 0. The minimum absolute atomic E-state index is 0.0177. The molecule has 0 radical (unpaired) electrons. The Morgan fingerprint density at radius 1 is 1.37 bits per heavy atom. The zero-order valence-electron chi connectivity index (χ0n) is 9.89. The molecule has 1 amide bonds. The molecule has 0 atom stereocenters. The Balaban J connectivity index is 2.20. The van der Waals surface area contributed by atoms with Gasteiger partial charge in [0.15, 0.2) is 0 Å². The smallest absolute Gasteiger partial charge is 0.336 e. The fourth-order valence-electron chi connectivity index (χ4n) is 1.44. The molecule has 2 aromatic heterocycles. The zero-order chi connectivity index (χ0) is 14.0. The second-order valence-corrected chi connectivity index (χ2v) is 4.75. The van der Waals surface area contributed by atoms with Gasteiger partial charge in [0, 0.05) is 11.1 Å².